The first-order valence-corrected chi connectivity index (χ1v) is 4.79. The van der Waals surface area contributed by atoms with E-state index in [1.54, 1.807) is 36.5 Å². The fourth-order valence-electron chi connectivity index (χ4n) is 1.72. The maximum Gasteiger partial charge on any atom is 0.279 e. The molecule has 1 aromatic heterocycles. The van der Waals surface area contributed by atoms with Gasteiger partial charge in [-0.15, -0.1) is 0 Å². The van der Waals surface area contributed by atoms with Gasteiger partial charge in [-0.3, -0.25) is 9.59 Å². The largest absolute Gasteiger partial charge is 0.279 e. The van der Waals surface area contributed by atoms with Crippen molar-refractivity contribution in [3.8, 4) is 0 Å². The van der Waals surface area contributed by atoms with E-state index in [1.807, 2.05) is 0 Å². The summed E-state index contributed by atoms with van der Waals surface area (Å²) in [6.07, 6.45) is 9.87. The highest BCUT2D eigenvalue weighted by Gasteiger charge is 2.06. The van der Waals surface area contributed by atoms with Crippen molar-refractivity contribution in [2.45, 2.75) is 0 Å². The van der Waals surface area contributed by atoms with E-state index in [1.165, 1.54) is 0 Å². The fourth-order valence-corrected chi connectivity index (χ4v) is 1.72. The number of fused-ring (bicyclic) bond motifs is 2. The molecule has 2 aliphatic rings. The lowest BCUT2D eigenvalue weighted by atomic mass is 10.3. The zero-order chi connectivity index (χ0) is 11.1. The molecule has 3 rings (SSSR count). The van der Waals surface area contributed by atoms with E-state index in [4.69, 9.17) is 0 Å². The highest BCUT2D eigenvalue weighted by molar-refractivity contribution is 5.65. The monoisotopic (exact) mass is 210 g/mol. The van der Waals surface area contributed by atoms with Crippen molar-refractivity contribution in [2.24, 2.45) is 0 Å². The Labute approximate surface area is 89.6 Å². The Morgan fingerprint density at radius 3 is 1.62 bits per heavy atom. The third kappa shape index (κ3) is 1.16. The van der Waals surface area contributed by atoms with Gasteiger partial charge in [0.1, 0.15) is 0 Å². The zero-order valence-corrected chi connectivity index (χ0v) is 8.18. The average molecular weight is 210 g/mol. The van der Waals surface area contributed by atoms with E-state index in [-0.39, 0.29) is 11.1 Å². The molecule has 0 saturated heterocycles. The van der Waals surface area contributed by atoms with Gasteiger partial charge < -0.3 is 0 Å². The Bertz CT molecular complexity index is 721. The van der Waals surface area contributed by atoms with Gasteiger partial charge in [-0.2, -0.15) is 0 Å². The first kappa shape index (κ1) is 8.91. The molecule has 0 unspecified atom stereocenters. The smallest absolute Gasteiger partial charge is 0.267 e. The van der Waals surface area contributed by atoms with Crippen LogP contribution in [0.25, 0.3) is 24.3 Å². The quantitative estimate of drug-likeness (QED) is 0.540. The molecule has 0 atom stereocenters. The summed E-state index contributed by atoms with van der Waals surface area (Å²) in [6.45, 7) is 0. The van der Waals surface area contributed by atoms with Gasteiger partial charge in [0, 0.05) is 0 Å². The molecule has 0 fully saturated rings. The van der Waals surface area contributed by atoms with Crippen LogP contribution in [0.4, 0.5) is 0 Å². The molecule has 2 aliphatic carbocycles. The van der Waals surface area contributed by atoms with Crippen LogP contribution in [0.3, 0.4) is 0 Å². The van der Waals surface area contributed by atoms with Crippen LogP contribution in [0.5, 0.6) is 0 Å². The molecule has 16 heavy (non-hydrogen) atoms. The van der Waals surface area contributed by atoms with Gasteiger partial charge in [0.25, 0.3) is 11.1 Å². The van der Waals surface area contributed by atoms with Crippen LogP contribution < -0.4 is 21.6 Å². The molecule has 4 heteroatoms. The summed E-state index contributed by atoms with van der Waals surface area (Å²) in [5.74, 6) is 0. The van der Waals surface area contributed by atoms with Crippen LogP contribution >= 0.6 is 0 Å². The predicted octanol–water partition coefficient (Wildman–Crippen LogP) is -1.19. The van der Waals surface area contributed by atoms with Crippen molar-refractivity contribution in [1.29, 1.82) is 0 Å². The van der Waals surface area contributed by atoms with E-state index in [0.29, 0.717) is 21.8 Å². The number of allylic oxidation sites excluding steroid dienone is 2. The highest BCUT2D eigenvalue weighted by Crippen LogP contribution is 1.94. The second kappa shape index (κ2) is 3.06. The first-order chi connectivity index (χ1) is 7.75. The number of aromatic nitrogens is 2. The Morgan fingerprint density at radius 2 is 1.19 bits per heavy atom. The Morgan fingerprint density at radius 1 is 0.750 bits per heavy atom. The lowest BCUT2D eigenvalue weighted by Gasteiger charge is -1.87. The first-order valence-electron chi connectivity index (χ1n) is 4.79. The van der Waals surface area contributed by atoms with Gasteiger partial charge in [0.2, 0.25) is 0 Å². The number of nitrogens with zero attached hydrogens (tertiary/aromatic N) is 2. The Balaban J connectivity index is 2.63. The summed E-state index contributed by atoms with van der Waals surface area (Å²) in [6, 6.07) is 0. The minimum Gasteiger partial charge on any atom is -0.267 e. The third-order valence-corrected chi connectivity index (χ3v) is 2.49. The van der Waals surface area contributed by atoms with E-state index in [2.05, 4.69) is 9.97 Å². The standard InChI is InChI=1S/C12H6N2O2/c15-11-7-3-1-5-9(7)13-12(16)8-4-2-6-10(8)14-11/h1-6H. The molecule has 0 N–H and O–H groups in total. The normalized spacial score (nSPS) is 14.0. The van der Waals surface area contributed by atoms with Crippen molar-refractivity contribution < 1.29 is 0 Å². The second-order valence-electron chi connectivity index (χ2n) is 3.48. The minimum atomic E-state index is -0.358. The maximum atomic E-state index is 11.7. The average Bonchev–Trinajstić information content (AvgIpc) is 2.84. The third-order valence-electron chi connectivity index (χ3n) is 2.49. The summed E-state index contributed by atoms with van der Waals surface area (Å²) in [5.41, 5.74) is 0.0728. The molecular formula is C12H6N2O2. The molecule has 0 bridgehead atoms. The Kier molecular flexibility index (Phi) is 1.71. The van der Waals surface area contributed by atoms with E-state index < -0.39 is 0 Å². The molecule has 0 amide bonds. The number of hydrogen-bond acceptors (Lipinski definition) is 4. The van der Waals surface area contributed by atoms with Crippen molar-refractivity contribution in [2.75, 3.05) is 0 Å². The number of hydrogen-bond donors (Lipinski definition) is 0. The number of rotatable bonds is 0. The molecule has 0 aliphatic heterocycles. The van der Waals surface area contributed by atoms with Gasteiger partial charge in [0.15, 0.2) is 0 Å². The summed E-state index contributed by atoms with van der Waals surface area (Å²) in [5, 5.41) is 0.750. The fraction of sp³-hybridized carbons (Fsp3) is 0. The van der Waals surface area contributed by atoms with Crippen LogP contribution in [-0.2, 0) is 0 Å². The molecule has 76 valence electrons. The molecule has 1 heterocycles. The van der Waals surface area contributed by atoms with Crippen molar-refractivity contribution in [3.63, 3.8) is 0 Å². The topological polar surface area (TPSA) is 59.9 Å². The lowest BCUT2D eigenvalue weighted by Crippen LogP contribution is -2.36. The molecular weight excluding hydrogens is 204 g/mol. The predicted molar refractivity (Wildman–Crippen MR) is 60.8 cm³/mol. The van der Waals surface area contributed by atoms with Crippen LogP contribution in [0.15, 0.2) is 21.7 Å². The van der Waals surface area contributed by atoms with Crippen molar-refractivity contribution >= 4 is 24.3 Å². The highest BCUT2D eigenvalue weighted by atomic mass is 16.1. The van der Waals surface area contributed by atoms with E-state index >= 15 is 0 Å². The molecule has 1 aromatic rings. The Hall–Kier alpha value is -2.36. The molecule has 0 radical (unpaired) electrons. The van der Waals surface area contributed by atoms with Crippen molar-refractivity contribution in [1.82, 2.24) is 9.97 Å². The van der Waals surface area contributed by atoms with Crippen LogP contribution in [0, 0.1) is 0 Å². The molecule has 0 aromatic carbocycles. The van der Waals surface area contributed by atoms with Crippen molar-refractivity contribution in [3.05, 3.63) is 54.7 Å². The summed E-state index contributed by atoms with van der Waals surface area (Å²) < 4.78 is 0. The SMILES string of the molecule is O=c1nc2c(c(=O)nc3c1=CC=C3)=CC=C2. The summed E-state index contributed by atoms with van der Waals surface area (Å²) in [7, 11) is 0. The van der Waals surface area contributed by atoms with Gasteiger partial charge in [-0.1, -0.05) is 12.2 Å². The van der Waals surface area contributed by atoms with E-state index in [9.17, 15) is 9.59 Å². The molecule has 4 nitrogen and oxygen atoms in total. The van der Waals surface area contributed by atoms with Gasteiger partial charge in [-0.25, -0.2) is 9.97 Å². The second-order valence-corrected chi connectivity index (χ2v) is 3.48. The molecule has 0 spiro atoms. The van der Waals surface area contributed by atoms with E-state index in [0.717, 1.165) is 0 Å². The van der Waals surface area contributed by atoms with Gasteiger partial charge in [-0.05, 0) is 24.3 Å². The van der Waals surface area contributed by atoms with Gasteiger partial charge in [0.05, 0.1) is 21.8 Å². The van der Waals surface area contributed by atoms with Gasteiger partial charge >= 0.3 is 0 Å². The lowest BCUT2D eigenvalue weighted by molar-refractivity contribution is 1.11. The maximum absolute atomic E-state index is 11.7. The molecule has 0 saturated carbocycles. The van der Waals surface area contributed by atoms with Crippen LogP contribution in [-0.4, -0.2) is 9.97 Å². The zero-order valence-electron chi connectivity index (χ0n) is 8.18. The summed E-state index contributed by atoms with van der Waals surface area (Å²) >= 11 is 0. The van der Waals surface area contributed by atoms with Crippen LogP contribution in [0.1, 0.15) is 11.4 Å². The summed E-state index contributed by atoms with van der Waals surface area (Å²) in [4.78, 5) is 31.3. The minimum absolute atomic E-state index is 0.358. The van der Waals surface area contributed by atoms with Crippen LogP contribution in [0.2, 0.25) is 0 Å².